The van der Waals surface area contributed by atoms with Crippen molar-refractivity contribution in [2.45, 2.75) is 52.6 Å². The number of halogens is 1. The molecule has 0 aliphatic carbocycles. The van der Waals surface area contributed by atoms with Crippen LogP contribution in [-0.4, -0.2) is 90.8 Å². The summed E-state index contributed by atoms with van der Waals surface area (Å²) < 4.78 is 16.1. The van der Waals surface area contributed by atoms with Crippen molar-refractivity contribution in [1.82, 2.24) is 20.1 Å². The highest BCUT2D eigenvalue weighted by atomic mass is 35.5. The number of rotatable bonds is 12. The highest BCUT2D eigenvalue weighted by Crippen LogP contribution is 2.33. The largest absolute Gasteiger partial charge is 0.492 e. The first-order valence-electron chi connectivity index (χ1n) is 13.5. The van der Waals surface area contributed by atoms with Crippen molar-refractivity contribution >= 4 is 40.9 Å². The minimum atomic E-state index is -0.538. The molecule has 1 aromatic heterocycles. The second-order valence-electron chi connectivity index (χ2n) is 10.4. The molecule has 10 nitrogen and oxygen atoms in total. The van der Waals surface area contributed by atoms with Crippen LogP contribution in [-0.2, 0) is 25.5 Å². The number of hydrogen-bond acceptors (Lipinski definition) is 9. The minimum absolute atomic E-state index is 0.102. The number of thiazole rings is 1. The van der Waals surface area contributed by atoms with Crippen LogP contribution in [0, 0.1) is 0 Å². The van der Waals surface area contributed by atoms with Gasteiger partial charge in [0.05, 0.1) is 23.7 Å². The normalized spacial score (nSPS) is 14.1. The third-order valence-corrected chi connectivity index (χ3v) is 7.23. The molecule has 1 aliphatic heterocycles. The number of ether oxygens (including phenoxy) is 3. The van der Waals surface area contributed by atoms with Gasteiger partial charge in [0, 0.05) is 56.6 Å². The number of carbonyl (C=O) groups excluding carboxylic acids is 3. The zero-order chi connectivity index (χ0) is 29.1. The second kappa shape index (κ2) is 15.2. The maximum Gasteiger partial charge on any atom is 0.407 e. The highest BCUT2D eigenvalue weighted by Gasteiger charge is 2.21. The van der Waals surface area contributed by atoms with Gasteiger partial charge in [-0.1, -0.05) is 11.6 Å². The lowest BCUT2D eigenvalue weighted by Crippen LogP contribution is -2.49. The van der Waals surface area contributed by atoms with Gasteiger partial charge in [-0.05, 0) is 52.3 Å². The predicted molar refractivity (Wildman–Crippen MR) is 155 cm³/mol. The zero-order valence-corrected chi connectivity index (χ0v) is 25.2. The van der Waals surface area contributed by atoms with Gasteiger partial charge in [0.25, 0.3) is 0 Å². The maximum absolute atomic E-state index is 12.5. The molecule has 1 fully saturated rings. The molecule has 0 atom stereocenters. The molecule has 1 N–H and O–H groups in total. The van der Waals surface area contributed by atoms with Gasteiger partial charge in [-0.2, -0.15) is 0 Å². The molecule has 0 saturated carbocycles. The summed E-state index contributed by atoms with van der Waals surface area (Å²) in [6.45, 7) is 12.1. The van der Waals surface area contributed by atoms with Crippen LogP contribution >= 0.6 is 22.9 Å². The fourth-order valence-electron chi connectivity index (χ4n) is 4.05. The van der Waals surface area contributed by atoms with E-state index < -0.39 is 11.7 Å². The summed E-state index contributed by atoms with van der Waals surface area (Å²) in [6, 6.07) is 5.51. The minimum Gasteiger partial charge on any atom is -0.492 e. The number of esters is 1. The highest BCUT2D eigenvalue weighted by molar-refractivity contribution is 7.13. The van der Waals surface area contributed by atoms with Crippen molar-refractivity contribution in [2.75, 3.05) is 52.5 Å². The van der Waals surface area contributed by atoms with Crippen LogP contribution in [0.15, 0.2) is 23.6 Å². The molecule has 12 heteroatoms. The monoisotopic (exact) mass is 594 g/mol. The summed E-state index contributed by atoms with van der Waals surface area (Å²) in [5.74, 6) is 0.475. The molecule has 0 unspecified atom stereocenters. The van der Waals surface area contributed by atoms with Crippen molar-refractivity contribution in [3.63, 3.8) is 0 Å². The Labute approximate surface area is 244 Å². The fraction of sp³-hybridized carbons (Fsp3) is 0.571. The van der Waals surface area contributed by atoms with E-state index in [-0.39, 0.29) is 18.3 Å². The Morgan fingerprint density at radius 2 is 1.90 bits per heavy atom. The van der Waals surface area contributed by atoms with E-state index in [1.807, 2.05) is 43.2 Å². The van der Waals surface area contributed by atoms with Gasteiger partial charge in [0.2, 0.25) is 5.91 Å². The van der Waals surface area contributed by atoms with Gasteiger partial charge in [-0.15, -0.1) is 11.3 Å². The van der Waals surface area contributed by atoms with Crippen molar-refractivity contribution in [1.29, 1.82) is 0 Å². The van der Waals surface area contributed by atoms with Gasteiger partial charge in [0.15, 0.2) is 0 Å². The lowest BCUT2D eigenvalue weighted by molar-refractivity contribution is -0.142. The van der Waals surface area contributed by atoms with Crippen molar-refractivity contribution in [3.8, 4) is 16.3 Å². The van der Waals surface area contributed by atoms with Gasteiger partial charge in [0.1, 0.15) is 23.0 Å². The molecule has 220 valence electrons. The molecule has 2 aromatic rings. The Morgan fingerprint density at radius 3 is 2.58 bits per heavy atom. The third kappa shape index (κ3) is 10.6. The summed E-state index contributed by atoms with van der Waals surface area (Å²) in [4.78, 5) is 44.6. The standard InChI is InChI=1S/C28H39ClN4O6S/c1-5-37-25(35)17-20-19-40-26(31-20)22-9-8-21(18-23(22)29)38-16-15-32-11-13-33(14-12-32)24(34)7-6-10-30-27(36)39-28(2,3)4/h8-9,18-19H,5-7,10-17H2,1-4H3,(H,30,36). The Morgan fingerprint density at radius 1 is 1.15 bits per heavy atom. The number of amides is 2. The van der Waals surface area contributed by atoms with Crippen LogP contribution < -0.4 is 10.1 Å². The lowest BCUT2D eigenvalue weighted by atomic mass is 10.2. The van der Waals surface area contributed by atoms with E-state index in [0.717, 1.165) is 30.2 Å². The Balaban J connectivity index is 1.34. The van der Waals surface area contributed by atoms with Crippen LogP contribution in [0.3, 0.4) is 0 Å². The zero-order valence-electron chi connectivity index (χ0n) is 23.7. The van der Waals surface area contributed by atoms with Gasteiger partial charge in [-0.25, -0.2) is 9.78 Å². The molecule has 1 saturated heterocycles. The Kier molecular flexibility index (Phi) is 12.0. The van der Waals surface area contributed by atoms with E-state index in [9.17, 15) is 14.4 Å². The maximum atomic E-state index is 12.5. The number of alkyl carbamates (subject to hydrolysis) is 1. The molecule has 40 heavy (non-hydrogen) atoms. The smallest absolute Gasteiger partial charge is 0.407 e. The second-order valence-corrected chi connectivity index (χ2v) is 11.6. The quantitative estimate of drug-likeness (QED) is 0.284. The van der Waals surface area contributed by atoms with Crippen molar-refractivity contribution in [2.24, 2.45) is 0 Å². The molecule has 3 rings (SSSR count). The van der Waals surface area contributed by atoms with E-state index in [0.29, 0.717) is 62.2 Å². The van der Waals surface area contributed by atoms with Gasteiger partial charge in [-0.3, -0.25) is 14.5 Å². The van der Waals surface area contributed by atoms with E-state index in [1.54, 1.807) is 13.0 Å². The number of hydrogen-bond donors (Lipinski definition) is 1. The van der Waals surface area contributed by atoms with E-state index in [4.69, 9.17) is 25.8 Å². The van der Waals surface area contributed by atoms with Crippen molar-refractivity contribution < 1.29 is 28.6 Å². The van der Waals surface area contributed by atoms with Crippen LogP contribution in [0.5, 0.6) is 5.75 Å². The molecular weight excluding hydrogens is 556 g/mol. The first-order valence-corrected chi connectivity index (χ1v) is 14.8. The lowest BCUT2D eigenvalue weighted by Gasteiger charge is -2.34. The average Bonchev–Trinajstić information content (AvgIpc) is 3.34. The molecule has 0 spiro atoms. The Hall–Kier alpha value is -2.89. The van der Waals surface area contributed by atoms with Gasteiger partial charge < -0.3 is 24.4 Å². The first-order chi connectivity index (χ1) is 19.0. The first kappa shape index (κ1) is 31.6. The number of piperazine rings is 1. The molecule has 1 aliphatic rings. The number of nitrogens with one attached hydrogen (secondary N) is 1. The van der Waals surface area contributed by atoms with Crippen LogP contribution in [0.4, 0.5) is 4.79 Å². The number of carbonyl (C=O) groups is 3. The van der Waals surface area contributed by atoms with Gasteiger partial charge >= 0.3 is 12.1 Å². The molecule has 2 amide bonds. The number of aromatic nitrogens is 1. The van der Waals surface area contributed by atoms with E-state index >= 15 is 0 Å². The number of nitrogens with zero attached hydrogens (tertiary/aromatic N) is 3. The molecular formula is C28H39ClN4O6S. The molecule has 0 radical (unpaired) electrons. The molecule has 1 aromatic carbocycles. The average molecular weight is 595 g/mol. The SMILES string of the molecule is CCOC(=O)Cc1csc(-c2ccc(OCCN3CCN(C(=O)CCCNC(=O)OC(C)(C)C)CC3)cc2Cl)n1. The third-order valence-electron chi connectivity index (χ3n) is 5.99. The van der Waals surface area contributed by atoms with E-state index in [1.165, 1.54) is 11.3 Å². The topological polar surface area (TPSA) is 110 Å². The fourth-order valence-corrected chi connectivity index (χ4v) is 5.22. The van der Waals surface area contributed by atoms with E-state index in [2.05, 4.69) is 15.2 Å². The van der Waals surface area contributed by atoms with Crippen LogP contribution in [0.1, 0.15) is 46.2 Å². The summed E-state index contributed by atoms with van der Waals surface area (Å²) in [5, 5.41) is 5.79. The van der Waals surface area contributed by atoms with Crippen LogP contribution in [0.25, 0.3) is 10.6 Å². The Bertz CT molecular complexity index is 1140. The predicted octanol–water partition coefficient (Wildman–Crippen LogP) is 4.40. The molecule has 0 bridgehead atoms. The summed E-state index contributed by atoms with van der Waals surface area (Å²) in [6.07, 6.45) is 0.641. The summed E-state index contributed by atoms with van der Waals surface area (Å²) in [7, 11) is 0. The summed E-state index contributed by atoms with van der Waals surface area (Å²) >= 11 is 7.94. The molecule has 2 heterocycles. The summed E-state index contributed by atoms with van der Waals surface area (Å²) in [5.41, 5.74) is 0.908. The number of benzene rings is 1. The van der Waals surface area contributed by atoms with Crippen LogP contribution in [0.2, 0.25) is 5.02 Å². The van der Waals surface area contributed by atoms with Crippen molar-refractivity contribution in [3.05, 3.63) is 34.3 Å².